The summed E-state index contributed by atoms with van der Waals surface area (Å²) in [4.78, 5) is 20.0. The van der Waals surface area contributed by atoms with E-state index in [1.54, 1.807) is 16.2 Å². The van der Waals surface area contributed by atoms with E-state index >= 15 is 0 Å². The van der Waals surface area contributed by atoms with Crippen LogP contribution in [0, 0.1) is 0 Å². The van der Waals surface area contributed by atoms with Gasteiger partial charge < -0.3 is 4.90 Å². The van der Waals surface area contributed by atoms with Crippen molar-refractivity contribution >= 4 is 28.6 Å². The summed E-state index contributed by atoms with van der Waals surface area (Å²) in [5.74, 6) is -0.0731. The summed E-state index contributed by atoms with van der Waals surface area (Å²) in [6.45, 7) is 0.529. The first-order chi connectivity index (χ1) is 11.9. The van der Waals surface area contributed by atoms with Gasteiger partial charge in [-0.05, 0) is 17.9 Å². The van der Waals surface area contributed by atoms with Crippen molar-refractivity contribution in [3.8, 4) is 10.6 Å². The number of hydrogen-bond acceptors (Lipinski definition) is 5. The number of thiophene rings is 1. The Morgan fingerprint density at radius 1 is 1.20 bits per heavy atom. The van der Waals surface area contributed by atoms with Gasteiger partial charge >= 0.3 is 6.18 Å². The number of carbonyl (C=O) groups is 1. The van der Waals surface area contributed by atoms with Crippen molar-refractivity contribution in [2.24, 2.45) is 0 Å². The van der Waals surface area contributed by atoms with Crippen LogP contribution in [-0.4, -0.2) is 59.6 Å². The number of halogens is 3. The summed E-state index contributed by atoms with van der Waals surface area (Å²) in [6, 6.07) is 1.99. The second kappa shape index (κ2) is 7.84. The van der Waals surface area contributed by atoms with Crippen LogP contribution in [0.2, 0.25) is 0 Å². The Bertz CT molecular complexity index is 700. The van der Waals surface area contributed by atoms with E-state index in [0.717, 1.165) is 10.6 Å². The van der Waals surface area contributed by atoms with Crippen LogP contribution in [0.3, 0.4) is 0 Å². The molecule has 0 aromatic carbocycles. The van der Waals surface area contributed by atoms with E-state index in [1.807, 2.05) is 22.2 Å². The summed E-state index contributed by atoms with van der Waals surface area (Å²) < 4.78 is 37.5. The van der Waals surface area contributed by atoms with Gasteiger partial charge in [0.05, 0.1) is 18.7 Å². The lowest BCUT2D eigenvalue weighted by atomic mass is 10.3. The maximum atomic E-state index is 12.5. The summed E-state index contributed by atoms with van der Waals surface area (Å²) >= 11 is 3.09. The molecule has 1 aliphatic heterocycles. The first kappa shape index (κ1) is 18.3. The molecule has 2 aromatic rings. The average Bonchev–Trinajstić information content (AvgIpc) is 3.15. The molecule has 0 spiro atoms. The first-order valence-electron chi connectivity index (χ1n) is 7.94. The number of aromatic nitrogens is 1. The summed E-state index contributed by atoms with van der Waals surface area (Å²) in [6.07, 6.45) is -3.45. The van der Waals surface area contributed by atoms with Gasteiger partial charge in [0, 0.05) is 42.5 Å². The van der Waals surface area contributed by atoms with E-state index in [9.17, 15) is 18.0 Å². The van der Waals surface area contributed by atoms with Gasteiger partial charge in [-0.2, -0.15) is 24.5 Å². The average molecular weight is 389 g/mol. The van der Waals surface area contributed by atoms with Crippen LogP contribution in [0.25, 0.3) is 10.6 Å². The number of thiazole rings is 1. The number of nitrogens with zero attached hydrogens (tertiary/aromatic N) is 3. The fourth-order valence-corrected chi connectivity index (χ4v) is 4.34. The van der Waals surface area contributed by atoms with E-state index in [2.05, 4.69) is 4.98 Å². The minimum Gasteiger partial charge on any atom is -0.341 e. The van der Waals surface area contributed by atoms with Gasteiger partial charge in [-0.1, -0.05) is 0 Å². The van der Waals surface area contributed by atoms with Crippen molar-refractivity contribution in [1.29, 1.82) is 0 Å². The standard InChI is InChI=1S/C16H18F3N3OS2/c17-16(18,19)11-21-3-1-4-22(6-5-21)14(23)8-13-10-25-15(20-13)12-2-7-24-9-12/h2,7,9-10H,1,3-6,8,11H2. The van der Waals surface area contributed by atoms with Crippen LogP contribution in [0.1, 0.15) is 12.1 Å². The molecule has 3 rings (SSSR count). The molecule has 0 radical (unpaired) electrons. The van der Waals surface area contributed by atoms with Crippen molar-refractivity contribution in [2.75, 3.05) is 32.7 Å². The van der Waals surface area contributed by atoms with Crippen LogP contribution in [0.15, 0.2) is 22.2 Å². The number of alkyl halides is 3. The SMILES string of the molecule is O=C(Cc1csc(-c2ccsc2)n1)N1CCCN(CC(F)(F)F)CC1. The maximum Gasteiger partial charge on any atom is 0.401 e. The van der Waals surface area contributed by atoms with Gasteiger partial charge in [0.25, 0.3) is 0 Å². The van der Waals surface area contributed by atoms with Crippen LogP contribution in [-0.2, 0) is 11.2 Å². The fraction of sp³-hybridized carbons (Fsp3) is 0.500. The molecule has 2 aromatic heterocycles. The molecule has 0 bridgehead atoms. The Morgan fingerprint density at radius 3 is 2.76 bits per heavy atom. The second-order valence-corrected chi connectivity index (χ2v) is 7.60. The number of carbonyl (C=O) groups excluding carboxylic acids is 1. The lowest BCUT2D eigenvalue weighted by molar-refractivity contribution is -0.145. The topological polar surface area (TPSA) is 36.4 Å². The third-order valence-electron chi connectivity index (χ3n) is 4.00. The Hall–Kier alpha value is -1.45. The van der Waals surface area contributed by atoms with Gasteiger partial charge in [-0.25, -0.2) is 4.98 Å². The highest BCUT2D eigenvalue weighted by molar-refractivity contribution is 7.14. The van der Waals surface area contributed by atoms with Crippen LogP contribution in [0.4, 0.5) is 13.2 Å². The molecule has 1 saturated heterocycles. The summed E-state index contributed by atoms with van der Waals surface area (Å²) in [5.41, 5.74) is 1.76. The van der Waals surface area contributed by atoms with Gasteiger partial charge in [0.2, 0.25) is 5.91 Å². The largest absolute Gasteiger partial charge is 0.401 e. The molecular weight excluding hydrogens is 371 g/mol. The predicted molar refractivity (Wildman–Crippen MR) is 92.8 cm³/mol. The van der Waals surface area contributed by atoms with Crippen LogP contribution in [0.5, 0.6) is 0 Å². The highest BCUT2D eigenvalue weighted by Gasteiger charge is 2.31. The number of amides is 1. The number of hydrogen-bond donors (Lipinski definition) is 0. The van der Waals surface area contributed by atoms with Crippen molar-refractivity contribution in [1.82, 2.24) is 14.8 Å². The molecule has 0 saturated carbocycles. The molecule has 25 heavy (non-hydrogen) atoms. The molecule has 3 heterocycles. The van der Waals surface area contributed by atoms with E-state index < -0.39 is 12.7 Å². The first-order valence-corrected chi connectivity index (χ1v) is 9.77. The van der Waals surface area contributed by atoms with Crippen LogP contribution >= 0.6 is 22.7 Å². The molecule has 9 heteroatoms. The quantitative estimate of drug-likeness (QED) is 0.803. The fourth-order valence-electron chi connectivity index (χ4n) is 2.81. The zero-order valence-corrected chi connectivity index (χ0v) is 15.1. The van der Waals surface area contributed by atoms with E-state index in [-0.39, 0.29) is 18.9 Å². The second-order valence-electron chi connectivity index (χ2n) is 5.96. The smallest absolute Gasteiger partial charge is 0.341 e. The predicted octanol–water partition coefficient (Wildman–Crippen LogP) is 3.51. The molecule has 0 unspecified atom stereocenters. The van der Waals surface area contributed by atoms with E-state index in [4.69, 9.17) is 0 Å². The van der Waals surface area contributed by atoms with E-state index in [1.165, 1.54) is 16.2 Å². The third-order valence-corrected chi connectivity index (χ3v) is 5.62. The normalized spacial score (nSPS) is 16.8. The molecule has 1 amide bonds. The van der Waals surface area contributed by atoms with Crippen molar-refractivity contribution in [3.05, 3.63) is 27.9 Å². The molecule has 0 atom stereocenters. The van der Waals surface area contributed by atoms with Gasteiger partial charge in [0.15, 0.2) is 0 Å². The zero-order valence-electron chi connectivity index (χ0n) is 13.5. The number of rotatable bonds is 4. The lowest BCUT2D eigenvalue weighted by Gasteiger charge is -2.22. The minimum atomic E-state index is -4.20. The van der Waals surface area contributed by atoms with Gasteiger partial charge in [-0.15, -0.1) is 11.3 Å². The Kier molecular flexibility index (Phi) is 5.75. The summed E-state index contributed by atoms with van der Waals surface area (Å²) in [5, 5.41) is 6.75. The lowest BCUT2D eigenvalue weighted by Crippen LogP contribution is -2.39. The molecule has 1 aliphatic rings. The molecule has 1 fully saturated rings. The summed E-state index contributed by atoms with van der Waals surface area (Å²) in [7, 11) is 0. The highest BCUT2D eigenvalue weighted by Crippen LogP contribution is 2.26. The highest BCUT2D eigenvalue weighted by atomic mass is 32.1. The van der Waals surface area contributed by atoms with Gasteiger partial charge in [0.1, 0.15) is 5.01 Å². The van der Waals surface area contributed by atoms with Crippen molar-refractivity contribution in [2.45, 2.75) is 19.0 Å². The van der Waals surface area contributed by atoms with Crippen molar-refractivity contribution in [3.63, 3.8) is 0 Å². The minimum absolute atomic E-state index is 0.0731. The molecule has 4 nitrogen and oxygen atoms in total. The third kappa shape index (κ3) is 5.26. The maximum absolute atomic E-state index is 12.5. The molecule has 0 N–H and O–H groups in total. The Labute approximate surface area is 151 Å². The zero-order chi connectivity index (χ0) is 17.9. The Balaban J connectivity index is 1.55. The molecule has 0 aliphatic carbocycles. The monoisotopic (exact) mass is 389 g/mol. The van der Waals surface area contributed by atoms with Gasteiger partial charge in [-0.3, -0.25) is 9.69 Å². The van der Waals surface area contributed by atoms with E-state index in [0.29, 0.717) is 31.7 Å². The molecule has 136 valence electrons. The molecular formula is C16H18F3N3OS2. The Morgan fingerprint density at radius 2 is 2.04 bits per heavy atom. The van der Waals surface area contributed by atoms with Crippen LogP contribution < -0.4 is 0 Å². The van der Waals surface area contributed by atoms with Crippen molar-refractivity contribution < 1.29 is 18.0 Å².